The van der Waals surface area contributed by atoms with Gasteiger partial charge in [0.15, 0.2) is 5.75 Å². The molecule has 0 fully saturated rings. The van der Waals surface area contributed by atoms with Crippen molar-refractivity contribution in [2.24, 2.45) is 0 Å². The van der Waals surface area contributed by atoms with Crippen LogP contribution in [0.5, 0.6) is 11.5 Å². The van der Waals surface area contributed by atoms with Gasteiger partial charge in [-0.15, -0.1) is 0 Å². The molecule has 0 bridgehead atoms. The second kappa shape index (κ2) is 8.14. The van der Waals surface area contributed by atoms with Gasteiger partial charge in [-0.05, 0) is 35.4 Å². The van der Waals surface area contributed by atoms with Gasteiger partial charge in [-0.3, -0.25) is 4.79 Å². The minimum Gasteiger partial charge on any atom is -0.506 e. The molecule has 138 valence electrons. The number of fused-ring (bicyclic) bond motifs is 1. The molecule has 0 aliphatic heterocycles. The summed E-state index contributed by atoms with van der Waals surface area (Å²) >= 11 is 6.09. The van der Waals surface area contributed by atoms with Crippen LogP contribution in [-0.2, 0) is 6.54 Å². The Balaban J connectivity index is 1.70. The Morgan fingerprint density at radius 2 is 2.07 bits per heavy atom. The van der Waals surface area contributed by atoms with Crippen LogP contribution >= 0.6 is 11.6 Å². The SMILES string of the molecule is C#COc1ccc(CNC[C@H](O)c2ccc(O)c3[nH]c(=O)ccc23)cc1Cl. The maximum atomic E-state index is 11.5. The van der Waals surface area contributed by atoms with E-state index in [1.807, 2.05) is 6.07 Å². The standard InChI is InChI=1S/C20H17ClN2O4/c1-2-27-18-7-3-12(9-15(18)21)10-22-11-17(25)13-4-6-16(24)20-14(13)5-8-19(26)23-20/h1,3-9,17,22,24-25H,10-11H2,(H,23,26)/t17-/m0/s1. The number of terminal acetylenes is 1. The molecule has 1 atom stereocenters. The van der Waals surface area contributed by atoms with Crippen molar-refractivity contribution in [3.8, 4) is 24.0 Å². The fraction of sp³-hybridized carbons (Fsp3) is 0.150. The Labute approximate surface area is 160 Å². The normalized spacial score (nSPS) is 11.9. The summed E-state index contributed by atoms with van der Waals surface area (Å²) in [5.74, 6) is 0.364. The van der Waals surface area contributed by atoms with Gasteiger partial charge in [-0.2, -0.15) is 0 Å². The van der Waals surface area contributed by atoms with E-state index in [4.69, 9.17) is 22.8 Å². The number of rotatable bonds is 6. The molecule has 27 heavy (non-hydrogen) atoms. The number of phenolic OH excluding ortho intramolecular Hbond substituents is 1. The molecule has 0 unspecified atom stereocenters. The quantitative estimate of drug-likeness (QED) is 0.490. The highest BCUT2D eigenvalue weighted by Crippen LogP contribution is 2.29. The molecule has 6 nitrogen and oxygen atoms in total. The summed E-state index contributed by atoms with van der Waals surface area (Å²) < 4.78 is 4.94. The van der Waals surface area contributed by atoms with Gasteiger partial charge >= 0.3 is 0 Å². The molecule has 1 aromatic heterocycles. The Kier molecular flexibility index (Phi) is 5.67. The molecule has 0 radical (unpaired) electrons. The molecule has 0 amide bonds. The van der Waals surface area contributed by atoms with E-state index in [0.717, 1.165) is 5.56 Å². The number of nitrogens with one attached hydrogen (secondary N) is 2. The van der Waals surface area contributed by atoms with Crippen molar-refractivity contribution in [1.29, 1.82) is 0 Å². The van der Waals surface area contributed by atoms with Gasteiger partial charge in [0.25, 0.3) is 0 Å². The summed E-state index contributed by atoms with van der Waals surface area (Å²) in [7, 11) is 0. The molecule has 0 aliphatic carbocycles. The maximum absolute atomic E-state index is 11.5. The van der Waals surface area contributed by atoms with E-state index in [0.29, 0.717) is 33.8 Å². The number of aromatic hydroxyl groups is 1. The summed E-state index contributed by atoms with van der Waals surface area (Å²) in [6.45, 7) is 0.735. The van der Waals surface area contributed by atoms with E-state index in [9.17, 15) is 15.0 Å². The van der Waals surface area contributed by atoms with Crippen LogP contribution in [0.4, 0.5) is 0 Å². The van der Waals surface area contributed by atoms with Crippen LogP contribution in [0.15, 0.2) is 47.3 Å². The van der Waals surface area contributed by atoms with Crippen molar-refractivity contribution in [3.63, 3.8) is 0 Å². The summed E-state index contributed by atoms with van der Waals surface area (Å²) in [6.07, 6.45) is 6.32. The van der Waals surface area contributed by atoms with Gasteiger partial charge in [-0.1, -0.05) is 30.2 Å². The Morgan fingerprint density at radius 1 is 1.26 bits per heavy atom. The van der Waals surface area contributed by atoms with Crippen molar-refractivity contribution in [1.82, 2.24) is 10.3 Å². The second-order valence-corrected chi connectivity index (χ2v) is 6.32. The van der Waals surface area contributed by atoms with Gasteiger partial charge in [-0.25, -0.2) is 0 Å². The van der Waals surface area contributed by atoms with Gasteiger partial charge in [0, 0.05) is 24.5 Å². The van der Waals surface area contributed by atoms with E-state index < -0.39 is 6.10 Å². The van der Waals surface area contributed by atoms with Gasteiger partial charge in [0.1, 0.15) is 11.9 Å². The van der Waals surface area contributed by atoms with Gasteiger partial charge in [0.05, 0.1) is 16.6 Å². The first-order chi connectivity index (χ1) is 13.0. The lowest BCUT2D eigenvalue weighted by atomic mass is 10.0. The van der Waals surface area contributed by atoms with Crippen LogP contribution in [0, 0.1) is 12.5 Å². The Bertz CT molecular complexity index is 1070. The number of hydrogen-bond acceptors (Lipinski definition) is 5. The molecule has 1 heterocycles. The monoisotopic (exact) mass is 384 g/mol. The predicted molar refractivity (Wildman–Crippen MR) is 104 cm³/mol. The molecule has 3 aromatic rings. The summed E-state index contributed by atoms with van der Waals surface area (Å²) in [5.41, 5.74) is 1.48. The van der Waals surface area contributed by atoms with Crippen LogP contribution in [-0.4, -0.2) is 21.7 Å². The highest BCUT2D eigenvalue weighted by atomic mass is 35.5. The number of phenols is 1. The smallest absolute Gasteiger partial charge is 0.248 e. The first kappa shape index (κ1) is 18.8. The number of aliphatic hydroxyl groups is 1. The Morgan fingerprint density at radius 3 is 2.81 bits per heavy atom. The number of ether oxygens (including phenoxy) is 1. The topological polar surface area (TPSA) is 94.6 Å². The molecule has 2 aromatic carbocycles. The first-order valence-corrected chi connectivity index (χ1v) is 8.52. The zero-order valence-corrected chi connectivity index (χ0v) is 15.0. The minimum atomic E-state index is -0.835. The van der Waals surface area contributed by atoms with Crippen molar-refractivity contribution in [3.05, 3.63) is 69.0 Å². The van der Waals surface area contributed by atoms with E-state index in [1.165, 1.54) is 12.1 Å². The molecular formula is C20H17ClN2O4. The number of pyridine rings is 1. The molecule has 7 heteroatoms. The van der Waals surface area contributed by atoms with Crippen LogP contribution in [0.3, 0.4) is 0 Å². The number of benzene rings is 2. The number of aromatic nitrogens is 1. The lowest BCUT2D eigenvalue weighted by Crippen LogP contribution is -2.21. The highest BCUT2D eigenvalue weighted by molar-refractivity contribution is 6.32. The Hall–Kier alpha value is -2.98. The highest BCUT2D eigenvalue weighted by Gasteiger charge is 2.14. The number of aliphatic hydroxyl groups excluding tert-OH is 1. The van der Waals surface area contributed by atoms with Crippen LogP contribution < -0.4 is 15.6 Å². The summed E-state index contributed by atoms with van der Waals surface area (Å²) in [4.78, 5) is 14.0. The van der Waals surface area contributed by atoms with E-state index >= 15 is 0 Å². The third-order valence-corrected chi connectivity index (χ3v) is 4.39. The molecular weight excluding hydrogens is 368 g/mol. The van der Waals surface area contributed by atoms with Gasteiger partial charge < -0.3 is 25.3 Å². The lowest BCUT2D eigenvalue weighted by Gasteiger charge is -2.15. The van der Waals surface area contributed by atoms with Crippen molar-refractivity contribution in [2.75, 3.05) is 6.54 Å². The zero-order chi connectivity index (χ0) is 19.4. The van der Waals surface area contributed by atoms with Crippen molar-refractivity contribution >= 4 is 22.5 Å². The van der Waals surface area contributed by atoms with Crippen LogP contribution in [0.2, 0.25) is 5.02 Å². The fourth-order valence-electron chi connectivity index (χ4n) is 2.81. The number of halogens is 1. The van der Waals surface area contributed by atoms with Gasteiger partial charge in [0.2, 0.25) is 5.56 Å². The zero-order valence-electron chi connectivity index (χ0n) is 14.2. The molecule has 0 saturated carbocycles. The van der Waals surface area contributed by atoms with E-state index in [1.54, 1.807) is 24.3 Å². The fourth-order valence-corrected chi connectivity index (χ4v) is 3.05. The molecule has 4 N–H and O–H groups in total. The maximum Gasteiger partial charge on any atom is 0.248 e. The average Bonchev–Trinajstić information content (AvgIpc) is 2.64. The third-order valence-electron chi connectivity index (χ3n) is 4.10. The molecule has 0 saturated heterocycles. The van der Waals surface area contributed by atoms with Crippen LogP contribution in [0.1, 0.15) is 17.2 Å². The molecule has 0 spiro atoms. The molecule has 0 aliphatic rings. The number of aromatic amines is 1. The summed E-state index contributed by atoms with van der Waals surface area (Å²) in [5, 5.41) is 24.6. The molecule has 3 rings (SSSR count). The largest absolute Gasteiger partial charge is 0.506 e. The first-order valence-electron chi connectivity index (χ1n) is 8.14. The van der Waals surface area contributed by atoms with Crippen LogP contribution in [0.25, 0.3) is 10.9 Å². The van der Waals surface area contributed by atoms with E-state index in [-0.39, 0.29) is 17.9 Å². The lowest BCUT2D eigenvalue weighted by molar-refractivity contribution is 0.176. The second-order valence-electron chi connectivity index (χ2n) is 5.92. The van der Waals surface area contributed by atoms with E-state index in [2.05, 4.69) is 16.4 Å². The average molecular weight is 385 g/mol. The number of H-pyrrole nitrogens is 1. The van der Waals surface area contributed by atoms with Crippen molar-refractivity contribution in [2.45, 2.75) is 12.6 Å². The summed E-state index contributed by atoms with van der Waals surface area (Å²) in [6, 6.07) is 11.2. The number of hydrogen-bond donors (Lipinski definition) is 4. The third kappa shape index (κ3) is 4.23. The minimum absolute atomic E-state index is 0.0458. The van der Waals surface area contributed by atoms with Crippen molar-refractivity contribution < 1.29 is 14.9 Å². The predicted octanol–water partition coefficient (Wildman–Crippen LogP) is 2.68.